The van der Waals surface area contributed by atoms with Gasteiger partial charge in [0.2, 0.25) is 0 Å². The van der Waals surface area contributed by atoms with Gasteiger partial charge in [-0.15, -0.1) is 0 Å². The Morgan fingerprint density at radius 1 is 1.30 bits per heavy atom. The predicted octanol–water partition coefficient (Wildman–Crippen LogP) is 2.05. The lowest BCUT2D eigenvalue weighted by atomic mass is 10.3. The number of rotatable bonds is 8. The first-order chi connectivity index (χ1) is 9.69. The Kier molecular flexibility index (Phi) is 5.38. The van der Waals surface area contributed by atoms with E-state index in [4.69, 9.17) is 4.74 Å². The van der Waals surface area contributed by atoms with Crippen LogP contribution < -0.4 is 5.32 Å². The molecule has 0 saturated carbocycles. The minimum absolute atomic E-state index is 0.411. The summed E-state index contributed by atoms with van der Waals surface area (Å²) in [4.78, 5) is 0. The highest BCUT2D eigenvalue weighted by Gasteiger charge is 2.03. The number of nitrogens with zero attached hydrogens (tertiary/aromatic N) is 3. The molecule has 2 heterocycles. The summed E-state index contributed by atoms with van der Waals surface area (Å²) < 4.78 is 9.17. The summed E-state index contributed by atoms with van der Waals surface area (Å²) in [6.45, 7) is 7.58. The molecule has 0 aliphatic carbocycles. The smallest absolute Gasteiger partial charge is 0.0821 e. The molecule has 0 aliphatic heterocycles. The predicted molar refractivity (Wildman–Crippen MR) is 79.7 cm³/mol. The van der Waals surface area contributed by atoms with Crippen molar-refractivity contribution in [3.8, 4) is 0 Å². The van der Waals surface area contributed by atoms with Crippen molar-refractivity contribution >= 4 is 0 Å². The number of hydrogen-bond donors (Lipinski definition) is 1. The zero-order chi connectivity index (χ0) is 14.4. The molecule has 0 spiro atoms. The van der Waals surface area contributed by atoms with E-state index in [1.165, 1.54) is 5.56 Å². The molecule has 2 aromatic heterocycles. The van der Waals surface area contributed by atoms with Crippen LogP contribution in [0.25, 0.3) is 0 Å². The van der Waals surface area contributed by atoms with Crippen LogP contribution in [0.2, 0.25) is 0 Å². The topological polar surface area (TPSA) is 44.0 Å². The molecular weight excluding hydrogens is 252 g/mol. The molecule has 0 saturated heterocycles. The second-order valence-corrected chi connectivity index (χ2v) is 5.24. The van der Waals surface area contributed by atoms with Gasteiger partial charge >= 0.3 is 0 Å². The fourth-order valence-electron chi connectivity index (χ4n) is 2.04. The molecule has 0 atom stereocenters. The van der Waals surface area contributed by atoms with Gasteiger partial charge in [0, 0.05) is 44.8 Å². The van der Waals surface area contributed by atoms with Crippen LogP contribution in [0, 0.1) is 0 Å². The molecule has 2 aromatic rings. The SMILES string of the molecule is COCCNCc1ccn(Cc2ccn(C(C)C)n2)c1. The maximum atomic E-state index is 5.01. The average molecular weight is 276 g/mol. The lowest BCUT2D eigenvalue weighted by Gasteiger charge is -2.04. The first-order valence-electron chi connectivity index (χ1n) is 7.07. The van der Waals surface area contributed by atoms with Crippen molar-refractivity contribution in [3.63, 3.8) is 0 Å². The molecular formula is C15H24N4O. The summed E-state index contributed by atoms with van der Waals surface area (Å²) >= 11 is 0. The second kappa shape index (κ2) is 7.26. The third-order valence-electron chi connectivity index (χ3n) is 3.16. The third kappa shape index (κ3) is 4.21. The van der Waals surface area contributed by atoms with Crippen LogP contribution >= 0.6 is 0 Å². The molecule has 0 unspecified atom stereocenters. The molecule has 1 N–H and O–H groups in total. The number of ether oxygens (including phenoxy) is 1. The summed E-state index contributed by atoms with van der Waals surface area (Å²) in [5, 5.41) is 7.91. The zero-order valence-electron chi connectivity index (χ0n) is 12.5. The third-order valence-corrected chi connectivity index (χ3v) is 3.16. The van der Waals surface area contributed by atoms with Crippen molar-refractivity contribution in [1.82, 2.24) is 19.7 Å². The molecule has 0 aliphatic rings. The number of hydrogen-bond acceptors (Lipinski definition) is 3. The van der Waals surface area contributed by atoms with E-state index in [0.29, 0.717) is 6.04 Å². The Labute approximate surface area is 120 Å². The summed E-state index contributed by atoms with van der Waals surface area (Å²) in [7, 11) is 1.72. The van der Waals surface area contributed by atoms with E-state index in [9.17, 15) is 0 Å². The van der Waals surface area contributed by atoms with Crippen LogP contribution in [0.5, 0.6) is 0 Å². The lowest BCUT2D eigenvalue weighted by molar-refractivity contribution is 0.199. The van der Waals surface area contributed by atoms with Crippen LogP contribution in [0.3, 0.4) is 0 Å². The maximum absolute atomic E-state index is 5.01. The highest BCUT2D eigenvalue weighted by Crippen LogP contribution is 2.07. The van der Waals surface area contributed by atoms with Crippen LogP contribution in [0.4, 0.5) is 0 Å². The van der Waals surface area contributed by atoms with Gasteiger partial charge < -0.3 is 14.6 Å². The molecule has 5 heteroatoms. The van der Waals surface area contributed by atoms with Gasteiger partial charge in [-0.25, -0.2) is 0 Å². The fraction of sp³-hybridized carbons (Fsp3) is 0.533. The average Bonchev–Trinajstić information content (AvgIpc) is 3.05. The minimum atomic E-state index is 0.411. The second-order valence-electron chi connectivity index (χ2n) is 5.24. The normalized spacial score (nSPS) is 11.4. The van der Waals surface area contributed by atoms with Crippen molar-refractivity contribution in [2.24, 2.45) is 0 Å². The quantitative estimate of drug-likeness (QED) is 0.751. The molecule has 0 fully saturated rings. The molecule has 0 bridgehead atoms. The minimum Gasteiger partial charge on any atom is -0.383 e. The van der Waals surface area contributed by atoms with Crippen LogP contribution in [0.1, 0.15) is 31.1 Å². The number of methoxy groups -OCH3 is 1. The molecule has 0 radical (unpaired) electrons. The Bertz CT molecular complexity index is 515. The van der Waals surface area contributed by atoms with Crippen LogP contribution in [0.15, 0.2) is 30.7 Å². The molecule has 2 rings (SSSR count). The van der Waals surface area contributed by atoms with Crippen molar-refractivity contribution in [1.29, 1.82) is 0 Å². The van der Waals surface area contributed by atoms with Crippen LogP contribution in [-0.2, 0) is 17.8 Å². The first-order valence-corrected chi connectivity index (χ1v) is 7.07. The standard InChI is InChI=1S/C15H24N4O/c1-13(2)19-8-5-15(17-19)12-18-7-4-14(11-18)10-16-6-9-20-3/h4-5,7-8,11,13,16H,6,9-10,12H2,1-3H3. The van der Waals surface area contributed by atoms with Gasteiger partial charge in [0.15, 0.2) is 0 Å². The molecule has 0 aromatic carbocycles. The fourth-order valence-corrected chi connectivity index (χ4v) is 2.04. The van der Waals surface area contributed by atoms with E-state index in [1.807, 2.05) is 10.9 Å². The van der Waals surface area contributed by atoms with Gasteiger partial charge in [-0.2, -0.15) is 5.10 Å². The van der Waals surface area contributed by atoms with Gasteiger partial charge in [0.05, 0.1) is 18.8 Å². The van der Waals surface area contributed by atoms with Gasteiger partial charge in [-0.05, 0) is 31.5 Å². The zero-order valence-corrected chi connectivity index (χ0v) is 12.5. The van der Waals surface area contributed by atoms with E-state index in [1.54, 1.807) is 7.11 Å². The summed E-state index contributed by atoms with van der Waals surface area (Å²) in [6.07, 6.45) is 6.30. The van der Waals surface area contributed by atoms with Gasteiger partial charge in [-0.3, -0.25) is 4.68 Å². The Balaban J connectivity index is 1.85. The van der Waals surface area contributed by atoms with Crippen molar-refractivity contribution < 1.29 is 4.74 Å². The van der Waals surface area contributed by atoms with Crippen molar-refractivity contribution in [2.45, 2.75) is 33.0 Å². The highest BCUT2D eigenvalue weighted by molar-refractivity contribution is 5.12. The summed E-state index contributed by atoms with van der Waals surface area (Å²) in [5.74, 6) is 0. The first kappa shape index (κ1) is 14.8. The molecule has 20 heavy (non-hydrogen) atoms. The number of aromatic nitrogens is 3. The number of nitrogens with one attached hydrogen (secondary N) is 1. The largest absolute Gasteiger partial charge is 0.383 e. The van der Waals surface area contributed by atoms with Gasteiger partial charge in [0.1, 0.15) is 0 Å². The van der Waals surface area contributed by atoms with Crippen molar-refractivity contribution in [2.75, 3.05) is 20.3 Å². The lowest BCUT2D eigenvalue weighted by Crippen LogP contribution is -2.18. The van der Waals surface area contributed by atoms with E-state index >= 15 is 0 Å². The van der Waals surface area contributed by atoms with E-state index < -0.39 is 0 Å². The Hall–Kier alpha value is -1.59. The Morgan fingerprint density at radius 2 is 2.15 bits per heavy atom. The van der Waals surface area contributed by atoms with Gasteiger partial charge in [-0.1, -0.05) is 0 Å². The molecule has 5 nitrogen and oxygen atoms in total. The molecule has 0 amide bonds. The van der Waals surface area contributed by atoms with Gasteiger partial charge in [0.25, 0.3) is 0 Å². The highest BCUT2D eigenvalue weighted by atomic mass is 16.5. The summed E-state index contributed by atoms with van der Waals surface area (Å²) in [6, 6.07) is 4.63. The van der Waals surface area contributed by atoms with E-state index in [-0.39, 0.29) is 0 Å². The van der Waals surface area contributed by atoms with E-state index in [0.717, 1.165) is 31.9 Å². The molecule has 110 valence electrons. The maximum Gasteiger partial charge on any atom is 0.0821 e. The summed E-state index contributed by atoms with van der Waals surface area (Å²) in [5.41, 5.74) is 2.37. The van der Waals surface area contributed by atoms with Crippen LogP contribution in [-0.4, -0.2) is 34.6 Å². The monoisotopic (exact) mass is 276 g/mol. The van der Waals surface area contributed by atoms with E-state index in [2.05, 4.69) is 53.4 Å². The Morgan fingerprint density at radius 3 is 2.85 bits per heavy atom. The van der Waals surface area contributed by atoms with Crippen molar-refractivity contribution in [3.05, 3.63) is 42.0 Å².